The molecule has 0 unspecified atom stereocenters. The van der Waals surface area contributed by atoms with Gasteiger partial charge in [-0.25, -0.2) is 18.4 Å². The quantitative estimate of drug-likeness (QED) is 0.204. The summed E-state index contributed by atoms with van der Waals surface area (Å²) < 4.78 is 76.0. The standard InChI is InChI=1S/C26H39FN2O6Si.C20H25FN2O6.C4H8O/c1-17(30)28-15-20-16-29(24(31)34-20)19-7-8-21(22(27)14-19)18-9-10-26(32-11-12-33-26)23(13-18)35-36(5,6)25(2,3)4;1-12(24)22-10-15-11-23(19(26)29-15)14-2-3-16(17(21)9-14)13-4-5-20(18(25)8-13)27-6-7-28-20;1-2-4-5-3-1/h7-8,14,18,20,23H,9-13,15-16H2,1-6H3,(H,28,30);2-3,9,13,15,18,25H,4-8,10-11H2,1H3,(H,22,24);1-4H2/t18-,20+,23+;13-,15+,18+;/m11./s1. The highest BCUT2D eigenvalue weighted by atomic mass is 28.4. The van der Waals surface area contributed by atoms with Crippen molar-refractivity contribution in [2.24, 2.45) is 0 Å². The number of nitrogens with zero attached hydrogens (tertiary/aromatic N) is 2. The number of benzene rings is 2. The molecule has 0 aromatic heterocycles. The van der Waals surface area contributed by atoms with Crippen molar-refractivity contribution in [1.82, 2.24) is 10.6 Å². The van der Waals surface area contributed by atoms with Crippen LogP contribution in [0.2, 0.25) is 18.1 Å². The minimum absolute atomic E-state index is 0.0226. The minimum Gasteiger partial charge on any atom is -0.442 e. The van der Waals surface area contributed by atoms with E-state index in [9.17, 15) is 28.7 Å². The van der Waals surface area contributed by atoms with Gasteiger partial charge in [0.2, 0.25) is 11.8 Å². The van der Waals surface area contributed by atoms with E-state index in [-0.39, 0.29) is 66.8 Å². The van der Waals surface area contributed by atoms with Gasteiger partial charge in [0.1, 0.15) is 29.9 Å². The molecule has 388 valence electrons. The molecule has 2 aliphatic carbocycles. The summed E-state index contributed by atoms with van der Waals surface area (Å²) in [6, 6.07) is 9.58. The van der Waals surface area contributed by atoms with E-state index in [1.807, 2.05) is 0 Å². The van der Waals surface area contributed by atoms with Crippen LogP contribution in [-0.2, 0) is 47.2 Å². The van der Waals surface area contributed by atoms with Gasteiger partial charge >= 0.3 is 12.2 Å². The third-order valence-corrected chi connectivity index (χ3v) is 19.2. The molecule has 2 aromatic carbocycles. The van der Waals surface area contributed by atoms with Crippen molar-refractivity contribution < 1.29 is 70.6 Å². The van der Waals surface area contributed by atoms with E-state index < -0.39 is 56.2 Å². The highest BCUT2D eigenvalue weighted by molar-refractivity contribution is 6.74. The molecule has 0 bridgehead atoms. The van der Waals surface area contributed by atoms with Crippen molar-refractivity contribution in [2.45, 2.75) is 152 Å². The zero-order valence-electron chi connectivity index (χ0n) is 41.7. The van der Waals surface area contributed by atoms with Gasteiger partial charge in [0, 0.05) is 39.9 Å². The molecule has 0 radical (unpaired) electrons. The van der Waals surface area contributed by atoms with Crippen LogP contribution >= 0.6 is 0 Å². The molecule has 17 nitrogen and oxygen atoms in total. The van der Waals surface area contributed by atoms with Crippen LogP contribution < -0.4 is 20.4 Å². The second-order valence-electron chi connectivity index (χ2n) is 20.7. The fraction of sp³-hybridized carbons (Fsp3) is 0.680. The number of amides is 4. The molecule has 7 aliphatic rings. The van der Waals surface area contributed by atoms with Gasteiger partial charge in [-0.05, 0) is 104 Å². The first-order valence-corrected chi connectivity index (χ1v) is 27.6. The van der Waals surface area contributed by atoms with Gasteiger partial charge in [0.25, 0.3) is 0 Å². The number of cyclic esters (lactones) is 2. The number of carbonyl (C=O) groups excluding carboxylic acids is 4. The van der Waals surface area contributed by atoms with Crippen molar-refractivity contribution in [1.29, 1.82) is 0 Å². The van der Waals surface area contributed by atoms with E-state index in [0.29, 0.717) is 81.0 Å². The SMILES string of the molecule is C1CCOC1.CC(=O)NC[C@H]1CN(c2ccc([C@@H]3CCC4(OCCO4)[C@@H](O)C3)c(F)c2)C(=O)O1.CC(=O)NC[C@H]1CN(c2ccc([C@@H]3CCC4(OCCO4)[C@@H](O[Si](C)(C)C(C)(C)C)C3)c(F)c2)C(=O)O1. The normalized spacial score (nSPS) is 27.1. The number of carbonyl (C=O) groups is 4. The van der Waals surface area contributed by atoms with Gasteiger partial charge in [0.05, 0.1) is 70.1 Å². The zero-order valence-corrected chi connectivity index (χ0v) is 42.7. The average molecular weight is 1000 g/mol. The second-order valence-corrected chi connectivity index (χ2v) is 25.4. The maximum Gasteiger partial charge on any atom is 0.414 e. The molecule has 20 heteroatoms. The lowest BCUT2D eigenvalue weighted by Crippen LogP contribution is -2.55. The Morgan fingerprint density at radius 3 is 1.57 bits per heavy atom. The maximum absolute atomic E-state index is 15.5. The van der Waals surface area contributed by atoms with E-state index >= 15 is 4.39 Å². The molecule has 5 heterocycles. The van der Waals surface area contributed by atoms with Crippen molar-refractivity contribution in [3.63, 3.8) is 0 Å². The molecule has 3 N–H and O–H groups in total. The average Bonchev–Trinajstić information content (AvgIpc) is 4.17. The van der Waals surface area contributed by atoms with Crippen LogP contribution in [0, 0.1) is 11.6 Å². The summed E-state index contributed by atoms with van der Waals surface area (Å²) in [6.07, 6.45) is 2.85. The molecular weight excluding hydrogens is 931 g/mol. The van der Waals surface area contributed by atoms with E-state index in [0.717, 1.165) is 19.6 Å². The Morgan fingerprint density at radius 2 is 1.17 bits per heavy atom. The van der Waals surface area contributed by atoms with Crippen molar-refractivity contribution in [3.8, 4) is 0 Å². The molecular formula is C50H72F2N4O13Si. The largest absolute Gasteiger partial charge is 0.442 e. The Labute approximate surface area is 410 Å². The summed E-state index contributed by atoms with van der Waals surface area (Å²) >= 11 is 0. The summed E-state index contributed by atoms with van der Waals surface area (Å²) in [5, 5.41) is 15.8. The Hall–Kier alpha value is -4.28. The summed E-state index contributed by atoms with van der Waals surface area (Å²) in [4.78, 5) is 49.4. The van der Waals surface area contributed by atoms with E-state index in [2.05, 4.69) is 44.5 Å². The smallest absolute Gasteiger partial charge is 0.414 e. The van der Waals surface area contributed by atoms with Gasteiger partial charge in [0.15, 0.2) is 19.9 Å². The Kier molecular flexibility index (Phi) is 17.3. The lowest BCUT2D eigenvalue weighted by molar-refractivity contribution is -0.238. The first-order valence-electron chi connectivity index (χ1n) is 24.7. The highest BCUT2D eigenvalue weighted by Gasteiger charge is 2.53. The molecule has 2 saturated carbocycles. The maximum atomic E-state index is 15.5. The van der Waals surface area contributed by atoms with Crippen LogP contribution in [0.25, 0.3) is 0 Å². The van der Waals surface area contributed by atoms with Crippen LogP contribution in [0.4, 0.5) is 29.7 Å². The fourth-order valence-electron chi connectivity index (χ4n) is 9.78. The Bertz CT molecular complexity index is 2160. The van der Waals surface area contributed by atoms with Gasteiger partial charge in [-0.1, -0.05) is 32.9 Å². The Morgan fingerprint density at radius 1 is 0.729 bits per heavy atom. The predicted molar refractivity (Wildman–Crippen MR) is 256 cm³/mol. The molecule has 5 saturated heterocycles. The van der Waals surface area contributed by atoms with Crippen molar-refractivity contribution >= 4 is 43.7 Å². The fourth-order valence-corrected chi connectivity index (χ4v) is 11.1. The molecule has 5 aliphatic heterocycles. The minimum atomic E-state index is -2.12. The van der Waals surface area contributed by atoms with Crippen LogP contribution in [-0.4, -0.2) is 139 Å². The lowest BCUT2D eigenvalue weighted by Gasteiger charge is -2.48. The summed E-state index contributed by atoms with van der Waals surface area (Å²) in [5.74, 6) is -3.10. The third kappa shape index (κ3) is 12.7. The molecule has 9 rings (SSSR count). The summed E-state index contributed by atoms with van der Waals surface area (Å²) in [6.45, 7) is 18.7. The number of hydrogen-bond donors (Lipinski definition) is 3. The van der Waals surface area contributed by atoms with Gasteiger partial charge < -0.3 is 53.3 Å². The first kappa shape index (κ1) is 53.5. The molecule has 6 atom stereocenters. The van der Waals surface area contributed by atoms with Crippen molar-refractivity contribution in [2.75, 3.05) is 75.6 Å². The summed E-state index contributed by atoms with van der Waals surface area (Å²) in [7, 11) is -2.12. The number of anilines is 2. The molecule has 2 spiro atoms. The zero-order chi connectivity index (χ0) is 50.4. The van der Waals surface area contributed by atoms with Gasteiger partial charge in [-0.3, -0.25) is 19.4 Å². The molecule has 7 fully saturated rings. The third-order valence-electron chi connectivity index (χ3n) is 14.7. The van der Waals surface area contributed by atoms with Crippen LogP contribution in [0.1, 0.15) is 109 Å². The number of ether oxygens (including phenoxy) is 7. The summed E-state index contributed by atoms with van der Waals surface area (Å²) in [5.41, 5.74) is 1.95. The van der Waals surface area contributed by atoms with Crippen LogP contribution in [0.5, 0.6) is 0 Å². The highest BCUT2D eigenvalue weighted by Crippen LogP contribution is 2.49. The second kappa shape index (κ2) is 22.6. The molecule has 4 amide bonds. The van der Waals surface area contributed by atoms with E-state index in [1.165, 1.54) is 48.6 Å². The van der Waals surface area contributed by atoms with E-state index in [1.54, 1.807) is 24.3 Å². The van der Waals surface area contributed by atoms with Gasteiger partial charge in [-0.15, -0.1) is 0 Å². The lowest BCUT2D eigenvalue weighted by atomic mass is 9.79. The van der Waals surface area contributed by atoms with E-state index in [4.69, 9.17) is 37.6 Å². The topological polar surface area (TPSA) is 193 Å². The van der Waals surface area contributed by atoms with Crippen LogP contribution in [0.15, 0.2) is 36.4 Å². The number of nitrogens with one attached hydrogen (secondary N) is 2. The number of halogens is 2. The predicted octanol–water partition coefficient (Wildman–Crippen LogP) is 7.14. The van der Waals surface area contributed by atoms with Crippen molar-refractivity contribution in [3.05, 3.63) is 59.2 Å². The number of rotatable bonds is 10. The Balaban J connectivity index is 0.000000190. The number of aliphatic hydroxyl groups is 1. The van der Waals surface area contributed by atoms with Crippen LogP contribution in [0.3, 0.4) is 0 Å². The monoisotopic (exact) mass is 1000 g/mol. The number of aliphatic hydroxyl groups excluding tert-OH is 1. The number of hydrogen-bond acceptors (Lipinski definition) is 13. The molecule has 2 aromatic rings. The first-order chi connectivity index (χ1) is 33.2. The molecule has 70 heavy (non-hydrogen) atoms. The van der Waals surface area contributed by atoms with Gasteiger partial charge in [-0.2, -0.15) is 0 Å².